The lowest BCUT2D eigenvalue weighted by Gasteiger charge is -2.13. The number of carbonyl (C=O) groups excluding carboxylic acids is 2. The zero-order chi connectivity index (χ0) is 20.1. The molecule has 1 atom stereocenters. The third-order valence-corrected chi connectivity index (χ3v) is 5.50. The zero-order valence-corrected chi connectivity index (χ0v) is 17.1. The Balaban J connectivity index is 1.70. The van der Waals surface area contributed by atoms with E-state index in [0.717, 1.165) is 0 Å². The van der Waals surface area contributed by atoms with E-state index in [9.17, 15) is 9.59 Å². The van der Waals surface area contributed by atoms with E-state index in [0.29, 0.717) is 33.9 Å². The Morgan fingerprint density at radius 3 is 2.79 bits per heavy atom. The van der Waals surface area contributed by atoms with Gasteiger partial charge in [-0.3, -0.25) is 14.5 Å². The first-order valence-electron chi connectivity index (χ1n) is 8.76. The number of hydrogen-bond donors (Lipinski definition) is 1. The third-order valence-electron chi connectivity index (χ3n) is 4.09. The van der Waals surface area contributed by atoms with E-state index in [1.807, 2.05) is 13.0 Å². The van der Waals surface area contributed by atoms with Gasteiger partial charge in [0.15, 0.2) is 5.17 Å². The number of amidine groups is 1. The van der Waals surface area contributed by atoms with Crippen LogP contribution < -0.4 is 10.1 Å². The average molecular weight is 418 g/mol. The Bertz CT molecular complexity index is 919. The number of hydrogen-bond acceptors (Lipinski definition) is 5. The van der Waals surface area contributed by atoms with Crippen molar-refractivity contribution in [3.63, 3.8) is 0 Å². The van der Waals surface area contributed by atoms with Crippen LogP contribution in [0.2, 0.25) is 5.02 Å². The molecule has 1 aliphatic rings. The highest BCUT2D eigenvalue weighted by Crippen LogP contribution is 2.32. The normalized spacial score (nSPS) is 17.8. The Morgan fingerprint density at radius 1 is 1.29 bits per heavy atom. The van der Waals surface area contributed by atoms with E-state index in [-0.39, 0.29) is 18.2 Å². The van der Waals surface area contributed by atoms with E-state index in [2.05, 4.69) is 10.3 Å². The van der Waals surface area contributed by atoms with Gasteiger partial charge in [0.2, 0.25) is 11.8 Å². The van der Waals surface area contributed by atoms with Gasteiger partial charge in [-0.05, 0) is 37.3 Å². The number of methoxy groups -OCH3 is 1. The predicted octanol–water partition coefficient (Wildman–Crippen LogP) is 4.33. The summed E-state index contributed by atoms with van der Waals surface area (Å²) in [7, 11) is 1.56. The van der Waals surface area contributed by atoms with E-state index >= 15 is 0 Å². The highest BCUT2D eigenvalue weighted by atomic mass is 35.5. The summed E-state index contributed by atoms with van der Waals surface area (Å²) < 4.78 is 5.15. The van der Waals surface area contributed by atoms with Crippen molar-refractivity contribution in [3.05, 3.63) is 53.6 Å². The van der Waals surface area contributed by atoms with Crippen molar-refractivity contribution in [2.45, 2.75) is 18.6 Å². The van der Waals surface area contributed by atoms with Crippen LogP contribution in [0.15, 0.2) is 53.5 Å². The second-order valence-electron chi connectivity index (χ2n) is 6.05. The number of rotatable bonds is 6. The standard InChI is InChI=1S/C20H20ClN3O3S/c1-3-24-19(26)17(28-20(24)23-14-7-4-6-13(21)10-14)12-18(25)22-15-8-5-9-16(11-15)27-2/h4-11,17H,3,12H2,1-2H3,(H,22,25)/t17-/m0/s1. The summed E-state index contributed by atoms with van der Waals surface area (Å²) in [5.41, 5.74) is 1.29. The van der Waals surface area contributed by atoms with Gasteiger partial charge in [-0.25, -0.2) is 4.99 Å². The van der Waals surface area contributed by atoms with Gasteiger partial charge in [0.25, 0.3) is 0 Å². The quantitative estimate of drug-likeness (QED) is 0.759. The van der Waals surface area contributed by atoms with Crippen LogP contribution in [0.4, 0.5) is 11.4 Å². The minimum absolute atomic E-state index is 0.0613. The van der Waals surface area contributed by atoms with Crippen LogP contribution in [0.25, 0.3) is 0 Å². The maximum Gasteiger partial charge on any atom is 0.242 e. The number of nitrogens with zero attached hydrogens (tertiary/aromatic N) is 2. The molecule has 0 saturated carbocycles. The van der Waals surface area contributed by atoms with Crippen molar-refractivity contribution >= 4 is 51.7 Å². The summed E-state index contributed by atoms with van der Waals surface area (Å²) in [4.78, 5) is 31.2. The number of amides is 2. The Kier molecular flexibility index (Phi) is 6.59. The van der Waals surface area contributed by atoms with Crippen LogP contribution in [-0.2, 0) is 9.59 Å². The van der Waals surface area contributed by atoms with E-state index in [4.69, 9.17) is 16.3 Å². The minimum atomic E-state index is -0.511. The highest BCUT2D eigenvalue weighted by molar-refractivity contribution is 8.15. The second-order valence-corrected chi connectivity index (χ2v) is 7.65. The molecule has 2 amide bonds. The molecule has 6 nitrogen and oxygen atoms in total. The molecule has 0 unspecified atom stereocenters. The molecule has 1 saturated heterocycles. The number of anilines is 1. The first-order valence-corrected chi connectivity index (χ1v) is 10.0. The van der Waals surface area contributed by atoms with Crippen LogP contribution in [0, 0.1) is 0 Å². The molecular formula is C20H20ClN3O3S. The van der Waals surface area contributed by atoms with Gasteiger partial charge in [-0.15, -0.1) is 0 Å². The maximum absolute atomic E-state index is 12.7. The molecule has 1 heterocycles. The van der Waals surface area contributed by atoms with E-state index in [1.54, 1.807) is 54.5 Å². The zero-order valence-electron chi connectivity index (χ0n) is 15.5. The lowest BCUT2D eigenvalue weighted by Crippen LogP contribution is -2.33. The molecule has 0 aromatic heterocycles. The molecule has 146 valence electrons. The molecule has 3 rings (SSSR count). The van der Waals surface area contributed by atoms with Crippen molar-refractivity contribution in [1.29, 1.82) is 0 Å². The number of thioether (sulfide) groups is 1. The number of halogens is 1. The summed E-state index contributed by atoms with van der Waals surface area (Å²) in [6.07, 6.45) is 0.0613. The summed E-state index contributed by atoms with van der Waals surface area (Å²) in [5.74, 6) is 0.297. The summed E-state index contributed by atoms with van der Waals surface area (Å²) in [6, 6.07) is 14.2. The Morgan fingerprint density at radius 2 is 2.07 bits per heavy atom. The number of aliphatic imine (C=N–C) groups is 1. The molecule has 1 N–H and O–H groups in total. The first kappa shape index (κ1) is 20.2. The molecule has 0 radical (unpaired) electrons. The van der Waals surface area contributed by atoms with Crippen molar-refractivity contribution in [2.75, 3.05) is 19.0 Å². The molecule has 1 aliphatic heterocycles. The molecular weight excluding hydrogens is 398 g/mol. The van der Waals surface area contributed by atoms with Crippen LogP contribution in [0.5, 0.6) is 5.75 Å². The molecule has 0 spiro atoms. The van der Waals surface area contributed by atoms with Gasteiger partial charge in [-0.1, -0.05) is 35.5 Å². The van der Waals surface area contributed by atoms with Crippen molar-refractivity contribution in [3.8, 4) is 5.75 Å². The van der Waals surface area contributed by atoms with Crippen LogP contribution in [0.1, 0.15) is 13.3 Å². The molecule has 0 bridgehead atoms. The first-order chi connectivity index (χ1) is 13.5. The SMILES string of the molecule is CCN1C(=O)[C@H](CC(=O)Nc2cccc(OC)c2)SC1=Nc1cccc(Cl)c1. The summed E-state index contributed by atoms with van der Waals surface area (Å²) in [6.45, 7) is 2.36. The van der Waals surface area contributed by atoms with Gasteiger partial charge in [0.05, 0.1) is 12.8 Å². The largest absolute Gasteiger partial charge is 0.497 e. The van der Waals surface area contributed by atoms with Gasteiger partial charge in [-0.2, -0.15) is 0 Å². The summed E-state index contributed by atoms with van der Waals surface area (Å²) in [5, 5.41) is 3.45. The predicted molar refractivity (Wildman–Crippen MR) is 114 cm³/mol. The monoisotopic (exact) mass is 417 g/mol. The molecule has 28 heavy (non-hydrogen) atoms. The minimum Gasteiger partial charge on any atom is -0.497 e. The van der Waals surface area contributed by atoms with Crippen molar-refractivity contribution in [1.82, 2.24) is 4.90 Å². The highest BCUT2D eigenvalue weighted by Gasteiger charge is 2.38. The number of ether oxygens (including phenoxy) is 1. The van der Waals surface area contributed by atoms with Crippen LogP contribution in [-0.4, -0.2) is 40.8 Å². The fourth-order valence-corrected chi connectivity index (χ4v) is 4.16. The fourth-order valence-electron chi connectivity index (χ4n) is 2.75. The molecule has 0 aliphatic carbocycles. The Hall–Kier alpha value is -2.51. The van der Waals surface area contributed by atoms with E-state index in [1.165, 1.54) is 11.8 Å². The van der Waals surface area contributed by atoms with E-state index < -0.39 is 5.25 Å². The third kappa shape index (κ3) is 4.85. The van der Waals surface area contributed by atoms with Gasteiger partial charge in [0, 0.05) is 29.7 Å². The van der Waals surface area contributed by atoms with Gasteiger partial charge >= 0.3 is 0 Å². The van der Waals surface area contributed by atoms with Gasteiger partial charge < -0.3 is 10.1 Å². The average Bonchev–Trinajstić information content (AvgIpc) is 2.96. The lowest BCUT2D eigenvalue weighted by molar-refractivity contribution is -0.128. The van der Waals surface area contributed by atoms with Gasteiger partial charge in [0.1, 0.15) is 11.0 Å². The van der Waals surface area contributed by atoms with Crippen LogP contribution >= 0.6 is 23.4 Å². The maximum atomic E-state index is 12.7. The lowest BCUT2D eigenvalue weighted by atomic mass is 10.2. The molecule has 8 heteroatoms. The summed E-state index contributed by atoms with van der Waals surface area (Å²) >= 11 is 7.30. The second kappa shape index (κ2) is 9.12. The smallest absolute Gasteiger partial charge is 0.242 e. The topological polar surface area (TPSA) is 71.0 Å². The van der Waals surface area contributed by atoms with Crippen LogP contribution in [0.3, 0.4) is 0 Å². The number of nitrogens with one attached hydrogen (secondary N) is 1. The number of carbonyl (C=O) groups is 2. The molecule has 1 fully saturated rings. The Labute approximate surface area is 172 Å². The van der Waals surface area contributed by atoms with Crippen molar-refractivity contribution in [2.24, 2.45) is 4.99 Å². The molecule has 2 aromatic carbocycles. The fraction of sp³-hybridized carbons (Fsp3) is 0.250. The number of benzene rings is 2. The molecule has 2 aromatic rings. The van der Waals surface area contributed by atoms with Crippen molar-refractivity contribution < 1.29 is 14.3 Å².